The Balaban J connectivity index is 2.65. The van der Waals surface area contributed by atoms with E-state index in [0.29, 0.717) is 60.8 Å². The molecule has 0 heterocycles. The van der Waals surface area contributed by atoms with Gasteiger partial charge in [0.1, 0.15) is 9.49 Å². The van der Waals surface area contributed by atoms with Crippen molar-refractivity contribution in [3.63, 3.8) is 0 Å². The molecule has 2 aromatic carbocycles. The van der Waals surface area contributed by atoms with Gasteiger partial charge in [0.25, 0.3) is 11.8 Å². The summed E-state index contributed by atoms with van der Waals surface area (Å²) in [5.74, 6) is -0.775. The van der Waals surface area contributed by atoms with Crippen LogP contribution in [0.3, 0.4) is 0 Å². The minimum Gasteiger partial charge on any atom is -0.396 e. The van der Waals surface area contributed by atoms with Crippen LogP contribution < -0.4 is 10.6 Å². The molecular formula is C44H66Cl2N2O6S2. The molecule has 0 spiro atoms. The Kier molecular flexibility index (Phi) is 26.1. The Labute approximate surface area is 354 Å². The zero-order valence-electron chi connectivity index (χ0n) is 33.7. The summed E-state index contributed by atoms with van der Waals surface area (Å²) in [6.45, 7) is 4.74. The molecule has 0 aliphatic heterocycles. The first-order chi connectivity index (χ1) is 27.1. The van der Waals surface area contributed by atoms with Crippen molar-refractivity contribution in [2.24, 2.45) is 0 Å². The van der Waals surface area contributed by atoms with Gasteiger partial charge in [0.05, 0.1) is 0 Å². The number of halogens is 2. The van der Waals surface area contributed by atoms with Crippen molar-refractivity contribution in [1.82, 2.24) is 10.6 Å². The van der Waals surface area contributed by atoms with Gasteiger partial charge < -0.3 is 20.8 Å². The number of nitrogens with one attached hydrogen (secondary N) is 2. The van der Waals surface area contributed by atoms with Gasteiger partial charge in [0.15, 0.2) is 0 Å². The molecule has 314 valence electrons. The molecule has 0 aromatic heterocycles. The molecule has 0 aliphatic rings. The number of carbonyl (C=O) groups excluding carboxylic acids is 4. The molecule has 2 amide bonds. The first kappa shape index (κ1) is 50.1. The van der Waals surface area contributed by atoms with Crippen LogP contribution in [-0.2, 0) is 19.1 Å². The van der Waals surface area contributed by atoms with Crippen LogP contribution in [0.5, 0.6) is 0 Å². The third-order valence-electron chi connectivity index (χ3n) is 10.2. The van der Waals surface area contributed by atoms with Crippen molar-refractivity contribution >= 4 is 67.1 Å². The second kappa shape index (κ2) is 29.2. The topological polar surface area (TPSA) is 133 Å². The van der Waals surface area contributed by atoms with E-state index in [1.54, 1.807) is 48.5 Å². The largest absolute Gasteiger partial charge is 0.396 e. The summed E-state index contributed by atoms with van der Waals surface area (Å²) in [6, 6.07) is 13.9. The summed E-state index contributed by atoms with van der Waals surface area (Å²) in [4.78, 5) is 55.4. The SMILES string of the molecule is CCCCCCCCCCC(SSC(CCCCCCCCCC)(C(=O)Cl)c1ccccc1C(=O)NCCCO)(C(=O)Cl)c1ccccc1C(=O)NCCCO. The number of hydrogen-bond donors (Lipinski definition) is 4. The summed E-state index contributed by atoms with van der Waals surface area (Å²) in [5.41, 5.74) is 1.48. The average Bonchev–Trinajstić information content (AvgIpc) is 3.20. The maximum atomic E-state index is 14.1. The van der Waals surface area contributed by atoms with E-state index in [4.69, 9.17) is 23.2 Å². The van der Waals surface area contributed by atoms with Gasteiger partial charge in [-0.15, -0.1) is 0 Å². The van der Waals surface area contributed by atoms with Crippen LogP contribution in [-0.4, -0.2) is 58.8 Å². The van der Waals surface area contributed by atoms with Crippen LogP contribution in [0.1, 0.15) is 174 Å². The van der Waals surface area contributed by atoms with Gasteiger partial charge in [-0.1, -0.05) is 175 Å². The molecule has 56 heavy (non-hydrogen) atoms. The third kappa shape index (κ3) is 16.3. The Morgan fingerprint density at radius 1 is 0.518 bits per heavy atom. The molecule has 2 atom stereocenters. The Bertz CT molecular complexity index is 1360. The highest BCUT2D eigenvalue weighted by Gasteiger charge is 2.49. The number of amides is 2. The fourth-order valence-electron chi connectivity index (χ4n) is 6.89. The van der Waals surface area contributed by atoms with Crippen LogP contribution >= 0.6 is 44.8 Å². The van der Waals surface area contributed by atoms with Crippen LogP contribution in [0.2, 0.25) is 0 Å². The number of hydrogen-bond acceptors (Lipinski definition) is 8. The lowest BCUT2D eigenvalue weighted by atomic mass is 9.89. The van der Waals surface area contributed by atoms with Gasteiger partial charge in [0.2, 0.25) is 10.5 Å². The standard InChI is InChI=1S/C44H66Cl2N2O6S2/c1-3-5-7-9-11-13-15-21-29-43(41(45)53,37-27-19-17-25-35(37)39(51)47-31-23-33-49)55-56-44(42(46)54,30-22-16-14-12-10-8-6-4-2)38-28-20-18-26-36(38)40(52)48-32-24-34-50/h17-20,25-28,49-50H,3-16,21-24,29-34H2,1-2H3,(H,47,51)(H,48,52). The van der Waals surface area contributed by atoms with Crippen LogP contribution in [0.25, 0.3) is 0 Å². The van der Waals surface area contributed by atoms with Crippen molar-refractivity contribution in [2.75, 3.05) is 26.3 Å². The monoisotopic (exact) mass is 852 g/mol. The lowest BCUT2D eigenvalue weighted by molar-refractivity contribution is -0.115. The molecular weight excluding hydrogens is 788 g/mol. The lowest BCUT2D eigenvalue weighted by Gasteiger charge is -2.37. The Hall–Kier alpha value is -2.08. The number of aliphatic hydroxyl groups is 2. The summed E-state index contributed by atoms with van der Waals surface area (Å²) >= 11 is 13.4. The summed E-state index contributed by atoms with van der Waals surface area (Å²) in [6.07, 6.45) is 18.1. The van der Waals surface area contributed by atoms with E-state index in [0.717, 1.165) is 73.0 Å². The normalized spacial score (nSPS) is 13.5. The van der Waals surface area contributed by atoms with Crippen LogP contribution in [0.15, 0.2) is 48.5 Å². The number of benzene rings is 2. The molecule has 0 aliphatic carbocycles. The molecule has 2 rings (SSSR count). The van der Waals surface area contributed by atoms with E-state index in [-0.39, 0.29) is 38.1 Å². The third-order valence-corrected chi connectivity index (χ3v) is 14.9. The summed E-state index contributed by atoms with van der Waals surface area (Å²) in [5, 5.41) is 23.1. The molecule has 0 radical (unpaired) electrons. The quantitative estimate of drug-likeness (QED) is 0.0317. The van der Waals surface area contributed by atoms with Crippen LogP contribution in [0.4, 0.5) is 0 Å². The van der Waals surface area contributed by atoms with Crippen LogP contribution in [0, 0.1) is 0 Å². The van der Waals surface area contributed by atoms with E-state index in [1.807, 2.05) is 0 Å². The fraction of sp³-hybridized carbons (Fsp3) is 0.636. The number of unbranched alkanes of at least 4 members (excludes halogenated alkanes) is 14. The van der Waals surface area contributed by atoms with Gasteiger partial charge in [-0.3, -0.25) is 19.2 Å². The van der Waals surface area contributed by atoms with E-state index in [9.17, 15) is 29.4 Å². The molecule has 2 aromatic rings. The number of aliphatic hydroxyl groups excluding tert-OH is 2. The predicted octanol–water partition coefficient (Wildman–Crippen LogP) is 11.0. The van der Waals surface area contributed by atoms with Crippen molar-refractivity contribution < 1.29 is 29.4 Å². The molecule has 0 saturated heterocycles. The van der Waals surface area contributed by atoms with E-state index >= 15 is 0 Å². The van der Waals surface area contributed by atoms with Crippen molar-refractivity contribution in [3.8, 4) is 0 Å². The zero-order valence-corrected chi connectivity index (χ0v) is 36.8. The van der Waals surface area contributed by atoms with Gasteiger partial charge >= 0.3 is 0 Å². The highest BCUT2D eigenvalue weighted by molar-refractivity contribution is 8.77. The van der Waals surface area contributed by atoms with Gasteiger partial charge in [-0.05, 0) is 72.1 Å². The molecule has 0 saturated carbocycles. The second-order valence-electron chi connectivity index (χ2n) is 14.6. The highest BCUT2D eigenvalue weighted by Crippen LogP contribution is 2.59. The smallest absolute Gasteiger partial charge is 0.251 e. The van der Waals surface area contributed by atoms with Gasteiger partial charge in [-0.25, -0.2) is 0 Å². The van der Waals surface area contributed by atoms with E-state index in [1.165, 1.54) is 38.5 Å². The highest BCUT2D eigenvalue weighted by atomic mass is 35.5. The summed E-state index contributed by atoms with van der Waals surface area (Å²) < 4.78 is -2.90. The molecule has 0 bridgehead atoms. The molecule has 8 nitrogen and oxygen atoms in total. The summed E-state index contributed by atoms with van der Waals surface area (Å²) in [7, 11) is 2.32. The molecule has 0 fully saturated rings. The number of carbonyl (C=O) groups is 4. The maximum absolute atomic E-state index is 14.1. The Morgan fingerprint density at radius 2 is 0.839 bits per heavy atom. The minimum absolute atomic E-state index is 0.0781. The van der Waals surface area contributed by atoms with E-state index < -0.39 is 20.0 Å². The van der Waals surface area contributed by atoms with E-state index in [2.05, 4.69) is 24.5 Å². The second-order valence-corrected chi connectivity index (χ2v) is 18.0. The van der Waals surface area contributed by atoms with Gasteiger partial charge in [0, 0.05) is 37.4 Å². The zero-order chi connectivity index (χ0) is 41.1. The first-order valence-electron chi connectivity index (χ1n) is 20.9. The molecule has 12 heteroatoms. The predicted molar refractivity (Wildman–Crippen MR) is 236 cm³/mol. The minimum atomic E-state index is -1.45. The Morgan fingerprint density at radius 3 is 1.16 bits per heavy atom. The molecule has 4 N–H and O–H groups in total. The first-order valence-corrected chi connectivity index (χ1v) is 23.8. The fourth-order valence-corrected chi connectivity index (χ4v) is 11.5. The van der Waals surface area contributed by atoms with Crippen molar-refractivity contribution in [3.05, 3.63) is 70.8 Å². The maximum Gasteiger partial charge on any atom is 0.251 e. The molecule has 2 unspecified atom stereocenters. The van der Waals surface area contributed by atoms with Crippen molar-refractivity contribution in [2.45, 2.75) is 152 Å². The lowest BCUT2D eigenvalue weighted by Crippen LogP contribution is -2.37. The van der Waals surface area contributed by atoms with Crippen molar-refractivity contribution in [1.29, 1.82) is 0 Å². The number of rotatable bonds is 33. The van der Waals surface area contributed by atoms with Gasteiger partial charge in [-0.2, -0.15) is 0 Å². The average molecular weight is 854 g/mol.